The number of carbonyl (C=O) groups is 2. The lowest BCUT2D eigenvalue weighted by Gasteiger charge is -2.19. The Morgan fingerprint density at radius 3 is 2.44 bits per heavy atom. The Balaban J connectivity index is 1.54. The fraction of sp³-hybridized carbons (Fsp3) is 0.300. The first-order valence-corrected chi connectivity index (χ1v) is 9.30. The van der Waals surface area contributed by atoms with Gasteiger partial charge in [-0.3, -0.25) is 9.59 Å². The van der Waals surface area contributed by atoms with Crippen LogP contribution in [-0.4, -0.2) is 36.9 Å². The van der Waals surface area contributed by atoms with E-state index >= 15 is 0 Å². The van der Waals surface area contributed by atoms with Gasteiger partial charge in [-0.1, -0.05) is 29.3 Å². The first-order valence-electron chi connectivity index (χ1n) is 8.55. The number of carbonyl (C=O) groups excluding carboxylic acids is 2. The van der Waals surface area contributed by atoms with E-state index < -0.39 is 0 Å². The van der Waals surface area contributed by atoms with E-state index in [-0.39, 0.29) is 24.5 Å². The van der Waals surface area contributed by atoms with Crippen molar-refractivity contribution in [3.05, 3.63) is 57.6 Å². The average Bonchev–Trinajstić information content (AvgIpc) is 2.68. The molecule has 0 atom stereocenters. The molecule has 0 saturated heterocycles. The Morgan fingerprint density at radius 2 is 1.70 bits per heavy atom. The molecule has 0 aromatic heterocycles. The monoisotopic (exact) mass is 407 g/mol. The number of ketones is 1. The number of rotatable bonds is 6. The Bertz CT molecular complexity index is 869. The van der Waals surface area contributed by atoms with Crippen molar-refractivity contribution in [3.8, 4) is 11.5 Å². The average molecular weight is 408 g/mol. The molecule has 3 rings (SSSR count). The smallest absolute Gasteiger partial charge is 0.223 e. The molecule has 27 heavy (non-hydrogen) atoms. The van der Waals surface area contributed by atoms with Crippen LogP contribution in [0.2, 0.25) is 10.0 Å². The Hall–Kier alpha value is -2.24. The summed E-state index contributed by atoms with van der Waals surface area (Å²) < 4.78 is 10.9. The number of hydrogen-bond donors (Lipinski definition) is 0. The second-order valence-electron chi connectivity index (χ2n) is 6.28. The summed E-state index contributed by atoms with van der Waals surface area (Å²) in [4.78, 5) is 26.3. The summed E-state index contributed by atoms with van der Waals surface area (Å²) in [5.74, 6) is 0.973. The maximum atomic E-state index is 12.4. The highest BCUT2D eigenvalue weighted by atomic mass is 35.5. The molecular formula is C20H19Cl2NO4. The third kappa shape index (κ3) is 4.93. The van der Waals surface area contributed by atoms with Gasteiger partial charge in [0.1, 0.15) is 13.2 Å². The molecule has 1 aliphatic rings. The summed E-state index contributed by atoms with van der Waals surface area (Å²) in [6, 6.07) is 10.3. The lowest BCUT2D eigenvalue weighted by Crippen LogP contribution is -2.26. The minimum Gasteiger partial charge on any atom is -0.486 e. The lowest BCUT2D eigenvalue weighted by atomic mass is 10.1. The minimum atomic E-state index is -0.119. The quantitative estimate of drug-likeness (QED) is 0.666. The minimum absolute atomic E-state index is 0.108. The number of benzene rings is 2. The Labute approximate surface area is 167 Å². The number of Topliss-reactive ketones (excluding diaryl/α,β-unsaturated/α-hetero) is 1. The van der Waals surface area contributed by atoms with Gasteiger partial charge in [0, 0.05) is 32.0 Å². The topological polar surface area (TPSA) is 55.8 Å². The van der Waals surface area contributed by atoms with Gasteiger partial charge in [0.2, 0.25) is 5.91 Å². The molecule has 1 heterocycles. The molecule has 0 radical (unpaired) electrons. The van der Waals surface area contributed by atoms with Crippen LogP contribution in [0.1, 0.15) is 28.8 Å². The Morgan fingerprint density at radius 1 is 0.963 bits per heavy atom. The molecule has 1 amide bonds. The summed E-state index contributed by atoms with van der Waals surface area (Å²) in [5, 5.41) is 0.920. The predicted octanol–water partition coefficient (Wildman–Crippen LogP) is 4.39. The van der Waals surface area contributed by atoms with Crippen LogP contribution in [0.15, 0.2) is 36.4 Å². The van der Waals surface area contributed by atoms with Crippen molar-refractivity contribution in [2.24, 2.45) is 0 Å². The van der Waals surface area contributed by atoms with E-state index in [0.29, 0.717) is 46.9 Å². The number of fused-ring (bicyclic) bond motifs is 1. The fourth-order valence-electron chi connectivity index (χ4n) is 2.77. The van der Waals surface area contributed by atoms with Crippen LogP contribution in [0.25, 0.3) is 0 Å². The third-order valence-corrected chi connectivity index (χ3v) is 5.00. The van der Waals surface area contributed by atoms with Gasteiger partial charge in [0.15, 0.2) is 17.3 Å². The molecule has 5 nitrogen and oxygen atoms in total. The highest BCUT2D eigenvalue weighted by molar-refractivity contribution is 6.42. The summed E-state index contributed by atoms with van der Waals surface area (Å²) in [6.07, 6.45) is 0.259. The van der Waals surface area contributed by atoms with E-state index in [2.05, 4.69) is 0 Å². The number of hydrogen-bond acceptors (Lipinski definition) is 4. The van der Waals surface area contributed by atoms with Crippen LogP contribution in [0, 0.1) is 0 Å². The van der Waals surface area contributed by atoms with Gasteiger partial charge in [-0.25, -0.2) is 0 Å². The van der Waals surface area contributed by atoms with Gasteiger partial charge in [-0.2, -0.15) is 0 Å². The van der Waals surface area contributed by atoms with Crippen molar-refractivity contribution in [1.82, 2.24) is 4.90 Å². The van der Waals surface area contributed by atoms with E-state index in [1.165, 1.54) is 0 Å². The maximum absolute atomic E-state index is 12.4. The molecule has 2 aromatic rings. The van der Waals surface area contributed by atoms with Gasteiger partial charge in [0.05, 0.1) is 10.0 Å². The molecule has 7 heteroatoms. The predicted molar refractivity (Wildman–Crippen MR) is 104 cm³/mol. The highest BCUT2D eigenvalue weighted by Gasteiger charge is 2.17. The fourth-order valence-corrected chi connectivity index (χ4v) is 3.09. The molecule has 0 spiro atoms. The second kappa shape index (κ2) is 8.63. The molecule has 0 N–H and O–H groups in total. The number of nitrogens with zero attached hydrogens (tertiary/aromatic N) is 1. The van der Waals surface area contributed by atoms with Crippen LogP contribution in [0.5, 0.6) is 11.5 Å². The maximum Gasteiger partial charge on any atom is 0.223 e. The summed E-state index contributed by atoms with van der Waals surface area (Å²) >= 11 is 11.9. The van der Waals surface area contributed by atoms with Crippen molar-refractivity contribution in [2.75, 3.05) is 20.3 Å². The first kappa shape index (κ1) is 19.5. The molecule has 0 bridgehead atoms. The molecule has 0 fully saturated rings. The molecule has 2 aromatic carbocycles. The van der Waals surface area contributed by atoms with Gasteiger partial charge in [-0.05, 0) is 35.9 Å². The number of ether oxygens (including phenoxy) is 2. The van der Waals surface area contributed by atoms with Gasteiger partial charge >= 0.3 is 0 Å². The van der Waals surface area contributed by atoms with E-state index in [4.69, 9.17) is 32.7 Å². The zero-order valence-corrected chi connectivity index (χ0v) is 16.3. The molecule has 142 valence electrons. The number of halogens is 2. The Kier molecular flexibility index (Phi) is 6.24. The van der Waals surface area contributed by atoms with Crippen LogP contribution in [0.4, 0.5) is 0 Å². The standard InChI is InChI=1S/C20H19Cl2NO4/c1-23(12-13-2-4-15(21)16(22)10-13)20(25)7-5-17(24)14-3-6-18-19(11-14)27-9-8-26-18/h2-4,6,10-11H,5,7-9,12H2,1H3. The van der Waals surface area contributed by atoms with E-state index in [1.807, 2.05) is 6.07 Å². The van der Waals surface area contributed by atoms with Crippen molar-refractivity contribution >= 4 is 34.9 Å². The SMILES string of the molecule is CN(Cc1ccc(Cl)c(Cl)c1)C(=O)CCC(=O)c1ccc2c(c1)OCCO2. The zero-order valence-electron chi connectivity index (χ0n) is 14.8. The van der Waals surface area contributed by atoms with Crippen LogP contribution >= 0.6 is 23.2 Å². The van der Waals surface area contributed by atoms with E-state index in [9.17, 15) is 9.59 Å². The zero-order chi connectivity index (χ0) is 19.4. The van der Waals surface area contributed by atoms with Crippen molar-refractivity contribution in [1.29, 1.82) is 0 Å². The normalized spacial score (nSPS) is 12.6. The largest absolute Gasteiger partial charge is 0.486 e. The first-order chi connectivity index (χ1) is 12.9. The van der Waals surface area contributed by atoms with Gasteiger partial charge < -0.3 is 14.4 Å². The van der Waals surface area contributed by atoms with Gasteiger partial charge in [0.25, 0.3) is 0 Å². The van der Waals surface area contributed by atoms with Gasteiger partial charge in [-0.15, -0.1) is 0 Å². The number of amides is 1. The summed E-state index contributed by atoms with van der Waals surface area (Å²) in [5.41, 5.74) is 1.39. The van der Waals surface area contributed by atoms with E-state index in [0.717, 1.165) is 5.56 Å². The summed E-state index contributed by atoms with van der Waals surface area (Å²) in [6.45, 7) is 1.36. The molecule has 1 aliphatic heterocycles. The second-order valence-corrected chi connectivity index (χ2v) is 7.09. The van der Waals surface area contributed by atoms with Crippen molar-refractivity contribution in [3.63, 3.8) is 0 Å². The van der Waals surface area contributed by atoms with Crippen molar-refractivity contribution < 1.29 is 19.1 Å². The molecule has 0 saturated carbocycles. The van der Waals surface area contributed by atoms with Crippen molar-refractivity contribution in [2.45, 2.75) is 19.4 Å². The highest BCUT2D eigenvalue weighted by Crippen LogP contribution is 2.31. The van der Waals surface area contributed by atoms with E-state index in [1.54, 1.807) is 42.3 Å². The van der Waals surface area contributed by atoms with Crippen LogP contribution in [-0.2, 0) is 11.3 Å². The lowest BCUT2D eigenvalue weighted by molar-refractivity contribution is -0.130. The van der Waals surface area contributed by atoms with Crippen LogP contribution in [0.3, 0.4) is 0 Å². The third-order valence-electron chi connectivity index (χ3n) is 4.26. The molecule has 0 unspecified atom stereocenters. The summed E-state index contributed by atoms with van der Waals surface area (Å²) in [7, 11) is 1.69. The molecule has 0 aliphatic carbocycles. The molecular weight excluding hydrogens is 389 g/mol. The van der Waals surface area contributed by atoms with Crippen LogP contribution < -0.4 is 9.47 Å².